The van der Waals surface area contributed by atoms with Crippen LogP contribution in [0, 0.1) is 0 Å². The molecule has 1 aromatic heterocycles. The number of carbonyl (C=O) groups is 1. The lowest BCUT2D eigenvalue weighted by Gasteiger charge is -2.03. The lowest BCUT2D eigenvalue weighted by Crippen LogP contribution is -1.98. The Bertz CT molecular complexity index is 482. The molecule has 1 heterocycles. The number of rotatable bonds is 4. The molecule has 0 unspecified atom stereocenters. The molecule has 2 rings (SSSR count). The van der Waals surface area contributed by atoms with E-state index in [0.29, 0.717) is 11.3 Å². The average molecular weight is 235 g/mol. The minimum atomic E-state index is -0.909. The summed E-state index contributed by atoms with van der Waals surface area (Å²) in [5.41, 5.74) is 1.26. The number of aromatic nitrogens is 1. The summed E-state index contributed by atoms with van der Waals surface area (Å²) < 4.78 is 4.70. The fraction of sp³-hybridized carbons (Fsp3) is 0.0909. The lowest BCUT2D eigenvalue weighted by molar-refractivity contribution is 0.0693. The molecule has 0 spiro atoms. The SMILES string of the molecule is O=C(O)c1ccccc1SCc1cnoc1. The molecule has 5 heteroatoms. The molecule has 0 radical (unpaired) electrons. The van der Waals surface area contributed by atoms with Crippen molar-refractivity contribution >= 4 is 17.7 Å². The first kappa shape index (κ1) is 10.8. The minimum Gasteiger partial charge on any atom is -0.478 e. The van der Waals surface area contributed by atoms with Gasteiger partial charge >= 0.3 is 5.97 Å². The molecular weight excluding hydrogens is 226 g/mol. The maximum absolute atomic E-state index is 10.9. The van der Waals surface area contributed by atoms with E-state index < -0.39 is 5.97 Å². The summed E-state index contributed by atoms with van der Waals surface area (Å²) >= 11 is 1.45. The fourth-order valence-corrected chi connectivity index (χ4v) is 2.18. The van der Waals surface area contributed by atoms with Crippen LogP contribution < -0.4 is 0 Å². The van der Waals surface area contributed by atoms with Crippen molar-refractivity contribution in [3.05, 3.63) is 47.9 Å². The lowest BCUT2D eigenvalue weighted by atomic mass is 10.2. The largest absolute Gasteiger partial charge is 0.478 e. The van der Waals surface area contributed by atoms with Gasteiger partial charge in [0.2, 0.25) is 0 Å². The van der Waals surface area contributed by atoms with Gasteiger partial charge in [-0.1, -0.05) is 17.3 Å². The smallest absolute Gasteiger partial charge is 0.336 e. The second-order valence-electron chi connectivity index (χ2n) is 3.12. The second kappa shape index (κ2) is 4.85. The zero-order valence-electron chi connectivity index (χ0n) is 8.29. The number of aromatic carboxylic acids is 1. The van der Waals surface area contributed by atoms with E-state index in [-0.39, 0.29) is 0 Å². The van der Waals surface area contributed by atoms with E-state index in [1.165, 1.54) is 11.8 Å². The fourth-order valence-electron chi connectivity index (χ4n) is 1.23. The first-order chi connectivity index (χ1) is 7.77. The first-order valence-electron chi connectivity index (χ1n) is 4.61. The highest BCUT2D eigenvalue weighted by atomic mass is 32.2. The molecule has 1 N–H and O–H groups in total. The van der Waals surface area contributed by atoms with Gasteiger partial charge in [0.05, 0.1) is 11.8 Å². The van der Waals surface area contributed by atoms with Gasteiger partial charge in [-0.05, 0) is 12.1 Å². The summed E-state index contributed by atoms with van der Waals surface area (Å²) in [6, 6.07) is 6.93. The van der Waals surface area contributed by atoms with E-state index in [1.54, 1.807) is 30.7 Å². The standard InChI is InChI=1S/C11H9NO3S/c13-11(14)9-3-1-2-4-10(9)16-7-8-5-12-15-6-8/h1-6H,7H2,(H,13,14). The van der Waals surface area contributed by atoms with E-state index in [4.69, 9.17) is 9.63 Å². The third kappa shape index (κ3) is 2.43. The molecule has 82 valence electrons. The maximum Gasteiger partial charge on any atom is 0.336 e. The van der Waals surface area contributed by atoms with Gasteiger partial charge in [-0.25, -0.2) is 4.79 Å². The number of carboxylic acids is 1. The van der Waals surface area contributed by atoms with Gasteiger partial charge < -0.3 is 9.63 Å². The van der Waals surface area contributed by atoms with Crippen molar-refractivity contribution in [2.45, 2.75) is 10.6 Å². The number of hydrogen-bond donors (Lipinski definition) is 1. The Hall–Kier alpha value is -1.75. The van der Waals surface area contributed by atoms with E-state index in [2.05, 4.69) is 5.16 Å². The van der Waals surface area contributed by atoms with Crippen LogP contribution in [0.4, 0.5) is 0 Å². The molecule has 0 bridgehead atoms. The van der Waals surface area contributed by atoms with Crippen molar-refractivity contribution in [2.24, 2.45) is 0 Å². The molecule has 1 aromatic carbocycles. The molecule has 0 atom stereocenters. The number of thioether (sulfide) groups is 1. The molecule has 0 aliphatic heterocycles. The van der Waals surface area contributed by atoms with Crippen molar-refractivity contribution in [3.63, 3.8) is 0 Å². The average Bonchev–Trinajstić information content (AvgIpc) is 2.79. The van der Waals surface area contributed by atoms with Crippen molar-refractivity contribution in [3.8, 4) is 0 Å². The van der Waals surface area contributed by atoms with Gasteiger partial charge in [0, 0.05) is 16.2 Å². The van der Waals surface area contributed by atoms with Gasteiger partial charge in [-0.3, -0.25) is 0 Å². The van der Waals surface area contributed by atoms with Crippen LogP contribution in [-0.4, -0.2) is 16.2 Å². The molecular formula is C11H9NO3S. The Morgan fingerprint density at radius 2 is 2.25 bits per heavy atom. The number of benzene rings is 1. The summed E-state index contributed by atoms with van der Waals surface area (Å²) in [7, 11) is 0. The highest BCUT2D eigenvalue weighted by molar-refractivity contribution is 7.98. The zero-order chi connectivity index (χ0) is 11.4. The Morgan fingerprint density at radius 3 is 2.94 bits per heavy atom. The van der Waals surface area contributed by atoms with Gasteiger partial charge in [-0.15, -0.1) is 11.8 Å². The third-order valence-corrected chi connectivity index (χ3v) is 3.14. The van der Waals surface area contributed by atoms with Crippen LogP contribution in [-0.2, 0) is 5.75 Å². The Morgan fingerprint density at radius 1 is 1.44 bits per heavy atom. The Balaban J connectivity index is 2.12. The van der Waals surface area contributed by atoms with Crippen LogP contribution in [0.2, 0.25) is 0 Å². The quantitative estimate of drug-likeness (QED) is 0.825. The maximum atomic E-state index is 10.9. The molecule has 4 nitrogen and oxygen atoms in total. The molecule has 0 aliphatic carbocycles. The van der Waals surface area contributed by atoms with Crippen molar-refractivity contribution in [1.82, 2.24) is 5.16 Å². The van der Waals surface area contributed by atoms with Crippen LogP contribution in [0.25, 0.3) is 0 Å². The predicted octanol–water partition coefficient (Wildman–Crippen LogP) is 2.67. The Kier molecular flexibility index (Phi) is 3.26. The summed E-state index contributed by atoms with van der Waals surface area (Å²) in [6.07, 6.45) is 3.17. The normalized spacial score (nSPS) is 10.2. The van der Waals surface area contributed by atoms with Crippen molar-refractivity contribution in [1.29, 1.82) is 0 Å². The first-order valence-corrected chi connectivity index (χ1v) is 5.59. The molecule has 0 saturated heterocycles. The zero-order valence-corrected chi connectivity index (χ0v) is 9.11. The van der Waals surface area contributed by atoms with E-state index in [1.807, 2.05) is 6.07 Å². The molecule has 0 aliphatic rings. The van der Waals surface area contributed by atoms with Gasteiger partial charge in [0.1, 0.15) is 6.26 Å². The van der Waals surface area contributed by atoms with Crippen LogP contribution in [0.1, 0.15) is 15.9 Å². The monoisotopic (exact) mass is 235 g/mol. The summed E-state index contributed by atoms with van der Waals surface area (Å²) in [4.78, 5) is 11.7. The van der Waals surface area contributed by atoms with Crippen molar-refractivity contribution in [2.75, 3.05) is 0 Å². The van der Waals surface area contributed by atoms with Crippen LogP contribution in [0.15, 0.2) is 46.1 Å². The van der Waals surface area contributed by atoms with E-state index >= 15 is 0 Å². The number of carboxylic acid groups (broad SMARTS) is 1. The van der Waals surface area contributed by atoms with Crippen molar-refractivity contribution < 1.29 is 14.4 Å². The molecule has 16 heavy (non-hydrogen) atoms. The second-order valence-corrected chi connectivity index (χ2v) is 4.14. The van der Waals surface area contributed by atoms with Crippen LogP contribution in [0.3, 0.4) is 0 Å². The van der Waals surface area contributed by atoms with Crippen LogP contribution >= 0.6 is 11.8 Å². The Labute approximate surface area is 96.3 Å². The number of hydrogen-bond acceptors (Lipinski definition) is 4. The van der Waals surface area contributed by atoms with E-state index in [0.717, 1.165) is 10.5 Å². The molecule has 0 saturated carbocycles. The summed E-state index contributed by atoms with van der Waals surface area (Å²) in [6.45, 7) is 0. The van der Waals surface area contributed by atoms with E-state index in [9.17, 15) is 4.79 Å². The highest BCUT2D eigenvalue weighted by Crippen LogP contribution is 2.25. The molecule has 0 amide bonds. The van der Waals surface area contributed by atoms with Gasteiger partial charge in [-0.2, -0.15) is 0 Å². The van der Waals surface area contributed by atoms with Gasteiger partial charge in [0.25, 0.3) is 0 Å². The van der Waals surface area contributed by atoms with Crippen LogP contribution in [0.5, 0.6) is 0 Å². The van der Waals surface area contributed by atoms with Gasteiger partial charge in [0.15, 0.2) is 0 Å². The summed E-state index contributed by atoms with van der Waals surface area (Å²) in [5.74, 6) is -0.262. The molecule has 2 aromatic rings. The highest BCUT2D eigenvalue weighted by Gasteiger charge is 2.09. The summed E-state index contributed by atoms with van der Waals surface area (Å²) in [5, 5.41) is 12.6. The predicted molar refractivity (Wildman–Crippen MR) is 59.5 cm³/mol. The molecule has 0 fully saturated rings. The number of nitrogens with zero attached hydrogens (tertiary/aromatic N) is 1. The topological polar surface area (TPSA) is 63.3 Å². The minimum absolute atomic E-state index is 0.323. The third-order valence-electron chi connectivity index (χ3n) is 2.00.